The predicted molar refractivity (Wildman–Crippen MR) is 413 cm³/mol. The Bertz CT molecular complexity index is 3630. The van der Waals surface area contributed by atoms with Gasteiger partial charge in [-0.3, -0.25) is 34.9 Å². The Morgan fingerprint density at radius 1 is 0.323 bits per heavy atom. The van der Waals surface area contributed by atoms with E-state index >= 15 is 0 Å². The summed E-state index contributed by atoms with van der Waals surface area (Å²) in [5.74, 6) is 0. The summed E-state index contributed by atoms with van der Waals surface area (Å²) in [6.07, 6.45) is 29.6. The van der Waals surface area contributed by atoms with Crippen molar-refractivity contribution in [3.05, 3.63) is 219 Å². The van der Waals surface area contributed by atoms with Crippen molar-refractivity contribution in [1.29, 1.82) is 0 Å². The molecule has 0 N–H and O–H groups in total. The monoisotopic (exact) mass is 1430 g/mol. The minimum atomic E-state index is -1.51. The van der Waals surface area contributed by atoms with Crippen LogP contribution in [-0.4, -0.2) is 82.4 Å². The number of thiophene rings is 4. The fourth-order valence-corrected chi connectivity index (χ4v) is 18.9. The van der Waals surface area contributed by atoms with Crippen LogP contribution in [0.1, 0.15) is 142 Å². The van der Waals surface area contributed by atoms with Crippen LogP contribution in [0.4, 0.5) is 11.4 Å². The van der Waals surface area contributed by atoms with Crippen LogP contribution in [0.25, 0.3) is 43.5 Å². The largest absolute Gasteiger partial charge is 0.265 e. The summed E-state index contributed by atoms with van der Waals surface area (Å²) in [5.41, 5.74) is 10.9. The summed E-state index contributed by atoms with van der Waals surface area (Å²) >= 11 is 9.18. The van der Waals surface area contributed by atoms with Crippen molar-refractivity contribution in [3.63, 3.8) is 0 Å². The molecule has 0 saturated heterocycles. The smallest absolute Gasteiger partial charge is 0.119 e. The van der Waals surface area contributed by atoms with E-state index in [0.29, 0.717) is 14.5 Å². The zero-order valence-electron chi connectivity index (χ0n) is 59.2. The number of hydrogen-bond donors (Lipinski definition) is 0. The summed E-state index contributed by atoms with van der Waals surface area (Å²) in [7, 11) is -1.51. The van der Waals surface area contributed by atoms with Gasteiger partial charge >= 0.3 is 70.6 Å². The summed E-state index contributed by atoms with van der Waals surface area (Å²) in [6, 6.07) is 18.9. The average Bonchev–Trinajstić information content (AvgIpc) is 1.65. The maximum Gasteiger partial charge on any atom is 0.119 e. The Balaban J connectivity index is 0.000000531. The van der Waals surface area contributed by atoms with E-state index in [1.807, 2.05) is 124 Å². The molecule has 14 nitrogen and oxygen atoms in total. The van der Waals surface area contributed by atoms with Crippen LogP contribution in [0.3, 0.4) is 0 Å². The zero-order valence-corrected chi connectivity index (χ0v) is 66.0. The normalized spacial score (nSPS) is 10.8. The minimum Gasteiger partial charge on any atom is -0.265 e. The van der Waals surface area contributed by atoms with Crippen molar-refractivity contribution >= 4 is 134 Å². The molecule has 1 aromatic carbocycles. The van der Waals surface area contributed by atoms with Gasteiger partial charge in [0.15, 0.2) is 0 Å². The van der Waals surface area contributed by atoms with Crippen molar-refractivity contribution in [1.82, 2.24) is 59.8 Å². The van der Waals surface area contributed by atoms with Crippen LogP contribution in [-0.2, 0) is 11.4 Å². The number of nitrogens with zero attached hydrogens (tertiary/aromatic N) is 14. The number of allylic oxidation sites excluding steroid dienone is 2. The molecular formula is C72H98N14S5SeSi. The van der Waals surface area contributed by atoms with Gasteiger partial charge < -0.3 is 0 Å². The van der Waals surface area contributed by atoms with E-state index < -0.39 is 8.07 Å². The molecule has 12 aromatic rings. The van der Waals surface area contributed by atoms with Crippen molar-refractivity contribution < 1.29 is 0 Å². The van der Waals surface area contributed by atoms with Gasteiger partial charge in [0.1, 0.15) is 49.5 Å². The van der Waals surface area contributed by atoms with E-state index in [1.54, 1.807) is 107 Å². The molecule has 11 aromatic heterocycles. The van der Waals surface area contributed by atoms with Crippen LogP contribution in [0.2, 0.25) is 13.1 Å². The molecule has 0 aliphatic carbocycles. The Labute approximate surface area is 582 Å². The Kier molecular flexibility index (Phi) is 43.7. The van der Waals surface area contributed by atoms with Crippen LogP contribution < -0.4 is 0 Å². The van der Waals surface area contributed by atoms with Crippen LogP contribution >= 0.6 is 45.3 Å². The predicted octanol–water partition coefficient (Wildman–Crippen LogP) is 22.2. The molecule has 2 aliphatic rings. The van der Waals surface area contributed by atoms with Gasteiger partial charge in [0, 0.05) is 101 Å². The van der Waals surface area contributed by atoms with E-state index in [2.05, 4.69) is 199 Å². The van der Waals surface area contributed by atoms with E-state index in [-0.39, 0.29) is 0 Å². The van der Waals surface area contributed by atoms with E-state index in [9.17, 15) is 0 Å². The molecular weight excluding hydrogens is 1330 g/mol. The third-order valence-corrected chi connectivity index (χ3v) is 22.7. The van der Waals surface area contributed by atoms with Gasteiger partial charge in [-0.15, -0.1) is 45.3 Å². The number of fused-ring (bicyclic) bond motifs is 4. The second-order valence-electron chi connectivity index (χ2n) is 18.4. The number of benzene rings is 1. The van der Waals surface area contributed by atoms with Crippen molar-refractivity contribution in [2.75, 3.05) is 0 Å². The molecule has 0 atom stereocenters. The van der Waals surface area contributed by atoms with Gasteiger partial charge in [0.05, 0.1) is 22.4 Å². The fraction of sp³-hybridized carbons (Fsp3) is 0.333. The minimum absolute atomic E-state index is 0.504. The number of aryl methyl sites for hydroxylation is 10. The van der Waals surface area contributed by atoms with Crippen molar-refractivity contribution in [2.24, 2.45) is 8.73 Å². The van der Waals surface area contributed by atoms with Gasteiger partial charge in [-0.05, 0) is 113 Å². The molecule has 0 amide bonds. The van der Waals surface area contributed by atoms with Crippen LogP contribution in [0.15, 0.2) is 169 Å². The number of rotatable bonds is 2. The van der Waals surface area contributed by atoms with Crippen LogP contribution in [0.5, 0.6) is 0 Å². The summed E-state index contributed by atoms with van der Waals surface area (Å²) in [5, 5.41) is 3.18. The fourth-order valence-electron chi connectivity index (χ4n) is 8.10. The second-order valence-corrected chi connectivity index (χ2v) is 31.7. The molecule has 0 fully saturated rings. The first-order valence-electron chi connectivity index (χ1n) is 31.5. The quantitative estimate of drug-likeness (QED) is 0.150. The first-order valence-corrected chi connectivity index (χ1v) is 40.2. The number of aromatic nitrogens is 12. The molecule has 13 heterocycles. The first kappa shape index (κ1) is 83.8. The third-order valence-electron chi connectivity index (χ3n) is 12.1. The maximum atomic E-state index is 4.29. The molecule has 0 unspecified atom stereocenters. The number of hydrogen-bond acceptors (Lipinski definition) is 18. The van der Waals surface area contributed by atoms with E-state index in [1.165, 1.54) is 89.4 Å². The van der Waals surface area contributed by atoms with Gasteiger partial charge in [0.2, 0.25) is 0 Å². The van der Waals surface area contributed by atoms with E-state index in [0.717, 1.165) is 44.5 Å². The second kappa shape index (κ2) is 48.5. The van der Waals surface area contributed by atoms with Crippen molar-refractivity contribution in [3.8, 4) is 0 Å². The van der Waals surface area contributed by atoms with Gasteiger partial charge in [0.25, 0.3) is 0 Å². The molecule has 0 spiro atoms. The molecule has 0 radical (unpaired) electrons. The average molecular weight is 1430 g/mol. The third kappa shape index (κ3) is 27.3. The molecule has 93 heavy (non-hydrogen) atoms. The summed E-state index contributed by atoms with van der Waals surface area (Å²) in [6.45, 7) is 50.0. The summed E-state index contributed by atoms with van der Waals surface area (Å²) in [4.78, 5) is 58.4. The molecule has 14 rings (SSSR count). The van der Waals surface area contributed by atoms with E-state index in [4.69, 9.17) is 0 Å². The van der Waals surface area contributed by atoms with Crippen LogP contribution in [0, 0.1) is 69.2 Å². The summed E-state index contributed by atoms with van der Waals surface area (Å²) < 4.78 is 11.2. The van der Waals surface area contributed by atoms with Gasteiger partial charge in [-0.2, -0.15) is 8.73 Å². The van der Waals surface area contributed by atoms with Gasteiger partial charge in [-0.1, -0.05) is 127 Å². The Morgan fingerprint density at radius 3 is 0.935 bits per heavy atom. The van der Waals surface area contributed by atoms with Crippen molar-refractivity contribution in [2.45, 2.75) is 165 Å². The SMILES string of the molecule is CC.CC.CC.CC.CC.CC.Cc1[se]c(C)c2nccnc12.Cc1ccc(C)c2nccnc12.Cc1ccc(C2=CC=C(c3ccc(C)s3)[Si]2(C)C)s1.Cc1sc(C)c2c1N=S=N2.Cc1sc(C)c2nccnc12.c1ccncc1.c1cnccn1.c1ncncn1. The molecule has 21 heteroatoms. The standard InChI is InChI=1S/C16H18S2Si.C10H10N2.C8H8N2S.C8H8N2Se.C6H6N2S2.C5H5N.C4H4N2.C3H3N3.6C2H6/c1-11-5-7-13(17-11)15-9-10-16(19(15,3)4)14-8-6-12(2)18-14;1-7-3-4-8(2)10-9(7)11-5-6-12-10;2*1-5-7-8(6(2)11-5)10-4-3-9-7;1-3-5-6(4(2)9-3)8-10-7-5;1-2-4-6-5-3-1;1-2-6-4-3-5-1;1-4-2-6-3-5-1;6*1-2/h5-10H,1-4H3;3-6H,1-2H3;2*3-4H,1-2H3;1-2H3;1-5H;1-4H;1-3H;6*1-2H3. The zero-order chi connectivity index (χ0) is 69.7. The molecule has 496 valence electrons. The Hall–Kier alpha value is -7.20. The topological polar surface area (TPSA) is 179 Å². The van der Waals surface area contributed by atoms with Gasteiger partial charge in [-0.25, -0.2) is 15.0 Å². The first-order chi connectivity index (χ1) is 45.1. The molecule has 2 aliphatic heterocycles. The molecule has 0 bridgehead atoms. The number of pyridine rings is 1. The Morgan fingerprint density at radius 2 is 0.645 bits per heavy atom. The molecule has 0 saturated carbocycles. The maximum absolute atomic E-state index is 4.29.